The zero-order chi connectivity index (χ0) is 37.5. The van der Waals surface area contributed by atoms with E-state index in [0.29, 0.717) is 29.0 Å². The Labute approximate surface area is 329 Å². The molecule has 8 heteroatoms. The summed E-state index contributed by atoms with van der Waals surface area (Å²) in [5.74, 6) is 2.18. The van der Waals surface area contributed by atoms with Gasteiger partial charge in [0.2, 0.25) is 0 Å². The van der Waals surface area contributed by atoms with E-state index in [0.717, 1.165) is 86.4 Å². The maximum atomic E-state index is 6.30. The van der Waals surface area contributed by atoms with Crippen molar-refractivity contribution in [1.29, 1.82) is 0 Å². The molecule has 0 atom stereocenters. The van der Waals surface area contributed by atoms with Gasteiger partial charge in [0.05, 0.1) is 21.3 Å². The smallest absolute Gasteiger partial charge is 0.184 e. The van der Waals surface area contributed by atoms with Crippen molar-refractivity contribution >= 4 is 75.4 Å². The van der Waals surface area contributed by atoms with Gasteiger partial charge < -0.3 is 8.98 Å². The van der Waals surface area contributed by atoms with Crippen molar-refractivity contribution in [2.24, 2.45) is 0 Å². The zero-order valence-electron chi connectivity index (χ0n) is 30.2. The Morgan fingerprint density at radius 3 is 1.89 bits per heavy atom. The first-order valence-electron chi connectivity index (χ1n) is 18.8. The Morgan fingerprint density at radius 2 is 1.04 bits per heavy atom. The third-order valence-corrected chi connectivity index (χ3v) is 11.9. The molecule has 0 radical (unpaired) electrons. The minimum absolute atomic E-state index is 0.475. The zero-order valence-corrected chi connectivity index (χ0v) is 31.0. The molecular formula is C49H28N6OS. The molecule has 5 heterocycles. The highest BCUT2D eigenvalue weighted by Gasteiger charge is 2.24. The van der Waals surface area contributed by atoms with Gasteiger partial charge in [-0.25, -0.2) is 24.9 Å². The molecule has 5 aromatic heterocycles. The van der Waals surface area contributed by atoms with Gasteiger partial charge in [0.15, 0.2) is 23.3 Å². The van der Waals surface area contributed by atoms with Crippen LogP contribution in [0.25, 0.3) is 115 Å². The molecule has 0 unspecified atom stereocenters. The molecule has 7 aromatic carbocycles. The molecule has 0 N–H and O–H groups in total. The van der Waals surface area contributed by atoms with E-state index in [1.165, 1.54) is 0 Å². The third kappa shape index (κ3) is 4.94. The summed E-state index contributed by atoms with van der Waals surface area (Å²) in [5.41, 5.74) is 9.07. The molecule has 0 saturated heterocycles. The number of aromatic nitrogens is 6. The average molecular weight is 749 g/mol. The number of fused-ring (bicyclic) bond motifs is 9. The summed E-state index contributed by atoms with van der Waals surface area (Å²) in [6.45, 7) is 0. The SMILES string of the molecule is c1ccc(-c2nc(-c3nc(-c4cccc5c4c4ccccc4n5-c4ccccc4)nc4c3sc3ccccc34)nc(-c3cccc4oc5ccccc5c34)n2)cc1. The molecule has 0 bridgehead atoms. The summed E-state index contributed by atoms with van der Waals surface area (Å²) in [6.07, 6.45) is 0. The number of furan rings is 1. The number of nitrogens with zero attached hydrogens (tertiary/aromatic N) is 6. The van der Waals surface area contributed by atoms with Crippen LogP contribution in [0, 0.1) is 0 Å². The standard InChI is InChI=1S/C49H28N6OS/c1-3-15-29(16-4-1)46-52-48(35-23-14-27-39-42(35)32-20-8-11-26-38(32)56-39)54-49(53-46)44-45-43(33-21-9-12-28-40(33)57-45)50-47(51-44)34-22-13-25-37-41(34)31-19-7-10-24-36(31)55(37)30-17-5-2-6-18-30/h1-28H. The second-order valence-corrected chi connectivity index (χ2v) is 15.1. The number of benzene rings is 7. The van der Waals surface area contributed by atoms with Crippen LogP contribution in [0.1, 0.15) is 0 Å². The van der Waals surface area contributed by atoms with E-state index in [1.54, 1.807) is 11.3 Å². The molecule has 12 rings (SSSR count). The first kappa shape index (κ1) is 31.8. The second kappa shape index (κ2) is 12.5. The molecule has 0 saturated carbocycles. The molecule has 0 aliphatic carbocycles. The molecule has 0 spiro atoms. The minimum atomic E-state index is 0.475. The highest BCUT2D eigenvalue weighted by Crippen LogP contribution is 2.43. The molecule has 0 aliphatic rings. The van der Waals surface area contributed by atoms with E-state index in [-0.39, 0.29) is 0 Å². The van der Waals surface area contributed by atoms with Crippen molar-refractivity contribution in [1.82, 2.24) is 29.5 Å². The van der Waals surface area contributed by atoms with Gasteiger partial charge in [-0.05, 0) is 42.5 Å². The van der Waals surface area contributed by atoms with Crippen LogP contribution >= 0.6 is 11.3 Å². The van der Waals surface area contributed by atoms with Gasteiger partial charge in [0.1, 0.15) is 16.9 Å². The predicted octanol–water partition coefficient (Wildman–Crippen LogP) is 12.7. The van der Waals surface area contributed by atoms with Crippen LogP contribution in [-0.4, -0.2) is 29.5 Å². The lowest BCUT2D eigenvalue weighted by atomic mass is 10.0. The van der Waals surface area contributed by atoms with E-state index in [9.17, 15) is 0 Å². The second-order valence-electron chi connectivity index (χ2n) is 14.0. The van der Waals surface area contributed by atoms with Gasteiger partial charge >= 0.3 is 0 Å². The van der Waals surface area contributed by atoms with E-state index >= 15 is 0 Å². The molecule has 12 aromatic rings. The van der Waals surface area contributed by atoms with Crippen molar-refractivity contribution < 1.29 is 4.42 Å². The van der Waals surface area contributed by atoms with Crippen LogP contribution in [-0.2, 0) is 0 Å². The first-order valence-corrected chi connectivity index (χ1v) is 19.6. The lowest BCUT2D eigenvalue weighted by Gasteiger charge is -2.11. The van der Waals surface area contributed by atoms with Crippen LogP contribution in [0.2, 0.25) is 0 Å². The van der Waals surface area contributed by atoms with Crippen molar-refractivity contribution in [2.75, 3.05) is 0 Å². The Balaban J connectivity index is 1.17. The molecule has 0 aliphatic heterocycles. The summed E-state index contributed by atoms with van der Waals surface area (Å²) in [5, 5.41) is 5.24. The van der Waals surface area contributed by atoms with E-state index in [4.69, 9.17) is 29.3 Å². The van der Waals surface area contributed by atoms with E-state index < -0.39 is 0 Å². The van der Waals surface area contributed by atoms with Gasteiger partial charge in [-0.1, -0.05) is 127 Å². The molecule has 57 heavy (non-hydrogen) atoms. The minimum Gasteiger partial charge on any atom is -0.456 e. The van der Waals surface area contributed by atoms with Crippen molar-refractivity contribution in [3.05, 3.63) is 170 Å². The van der Waals surface area contributed by atoms with Crippen molar-refractivity contribution in [2.45, 2.75) is 0 Å². The Morgan fingerprint density at radius 1 is 0.421 bits per heavy atom. The van der Waals surface area contributed by atoms with Crippen LogP contribution in [0.15, 0.2) is 174 Å². The molecule has 7 nitrogen and oxygen atoms in total. The first-order chi connectivity index (χ1) is 28.3. The van der Waals surface area contributed by atoms with Crippen LogP contribution in [0.4, 0.5) is 0 Å². The Kier molecular flexibility index (Phi) is 6.96. The highest BCUT2D eigenvalue weighted by atomic mass is 32.1. The Bertz CT molecular complexity index is 3530. The van der Waals surface area contributed by atoms with Gasteiger partial charge in [-0.15, -0.1) is 11.3 Å². The van der Waals surface area contributed by atoms with Crippen molar-refractivity contribution in [3.63, 3.8) is 0 Å². The van der Waals surface area contributed by atoms with E-state index in [1.807, 2.05) is 66.7 Å². The number of para-hydroxylation sites is 3. The van der Waals surface area contributed by atoms with Crippen molar-refractivity contribution in [3.8, 4) is 51.4 Å². The van der Waals surface area contributed by atoms with E-state index in [2.05, 4.69) is 108 Å². The number of rotatable bonds is 5. The molecular weight excluding hydrogens is 721 g/mol. The summed E-state index contributed by atoms with van der Waals surface area (Å²) in [7, 11) is 0. The lowest BCUT2D eigenvalue weighted by molar-refractivity contribution is 0.669. The topological polar surface area (TPSA) is 82.5 Å². The summed E-state index contributed by atoms with van der Waals surface area (Å²) >= 11 is 1.66. The van der Waals surface area contributed by atoms with Gasteiger partial charge in [0, 0.05) is 54.0 Å². The number of hydrogen-bond acceptors (Lipinski definition) is 7. The fourth-order valence-corrected chi connectivity index (χ4v) is 9.33. The van der Waals surface area contributed by atoms with Crippen LogP contribution in [0.5, 0.6) is 0 Å². The lowest BCUT2D eigenvalue weighted by Crippen LogP contribution is -2.03. The average Bonchev–Trinajstić information content (AvgIpc) is 3.96. The monoisotopic (exact) mass is 748 g/mol. The molecule has 266 valence electrons. The fourth-order valence-electron chi connectivity index (χ4n) is 8.20. The van der Waals surface area contributed by atoms with Crippen LogP contribution in [0.3, 0.4) is 0 Å². The van der Waals surface area contributed by atoms with Gasteiger partial charge in [-0.2, -0.15) is 0 Å². The highest BCUT2D eigenvalue weighted by molar-refractivity contribution is 7.26. The number of thiophene rings is 1. The maximum absolute atomic E-state index is 6.30. The largest absolute Gasteiger partial charge is 0.456 e. The molecule has 0 fully saturated rings. The Hall–Kier alpha value is -7.55. The normalized spacial score (nSPS) is 11.9. The van der Waals surface area contributed by atoms with Crippen LogP contribution < -0.4 is 0 Å². The number of hydrogen-bond donors (Lipinski definition) is 0. The summed E-state index contributed by atoms with van der Waals surface area (Å²) in [4.78, 5) is 26.5. The predicted molar refractivity (Wildman–Crippen MR) is 232 cm³/mol. The quantitative estimate of drug-likeness (QED) is 0.174. The van der Waals surface area contributed by atoms with Gasteiger partial charge in [-0.3, -0.25) is 0 Å². The van der Waals surface area contributed by atoms with Gasteiger partial charge in [0.25, 0.3) is 0 Å². The summed E-state index contributed by atoms with van der Waals surface area (Å²) < 4.78 is 10.7. The fraction of sp³-hybridized carbons (Fsp3) is 0. The molecule has 0 amide bonds. The third-order valence-electron chi connectivity index (χ3n) is 10.7. The maximum Gasteiger partial charge on any atom is 0.184 e. The summed E-state index contributed by atoms with van der Waals surface area (Å²) in [6, 6.07) is 58.0.